The van der Waals surface area contributed by atoms with Gasteiger partial charge in [0.05, 0.1) is 17.6 Å². The average molecular weight is 328 g/mol. The summed E-state index contributed by atoms with van der Waals surface area (Å²) in [5, 5.41) is -0.148. The van der Waals surface area contributed by atoms with Gasteiger partial charge in [-0.2, -0.15) is 0 Å². The summed E-state index contributed by atoms with van der Waals surface area (Å²) in [6.45, 7) is 2.12. The fourth-order valence-electron chi connectivity index (χ4n) is 2.87. The van der Waals surface area contributed by atoms with Crippen LogP contribution in [0.2, 0.25) is 0 Å². The van der Waals surface area contributed by atoms with Gasteiger partial charge in [-0.05, 0) is 31.6 Å². The van der Waals surface area contributed by atoms with Gasteiger partial charge in [-0.1, -0.05) is 0 Å². The number of hydrogen-bond donors (Lipinski definition) is 0. The second-order valence-corrected chi connectivity index (χ2v) is 8.48. The molecule has 2 heterocycles. The third-order valence-electron chi connectivity index (χ3n) is 4.40. The van der Waals surface area contributed by atoms with E-state index in [4.69, 9.17) is 0 Å². The van der Waals surface area contributed by atoms with E-state index in [1.165, 1.54) is 16.7 Å². The Labute approximate surface area is 130 Å². The molecule has 2 aliphatic rings. The molecule has 0 radical (unpaired) electrons. The number of hydrogen-bond acceptors (Lipinski definition) is 5. The van der Waals surface area contributed by atoms with Crippen LogP contribution in [0.3, 0.4) is 0 Å². The molecule has 122 valence electrons. The van der Waals surface area contributed by atoms with E-state index in [0.29, 0.717) is 18.4 Å². The Balaban J connectivity index is 1.52. The van der Waals surface area contributed by atoms with Crippen LogP contribution in [0.1, 0.15) is 25.7 Å². The molecule has 1 saturated heterocycles. The zero-order valence-corrected chi connectivity index (χ0v) is 13.5. The Morgan fingerprint density at radius 2 is 1.82 bits per heavy atom. The highest BCUT2D eigenvalue weighted by Crippen LogP contribution is 2.31. The molecule has 0 aromatic carbocycles. The van der Waals surface area contributed by atoms with E-state index in [2.05, 4.69) is 9.97 Å². The number of anilines is 1. The number of aromatic nitrogens is 2. The van der Waals surface area contributed by atoms with E-state index in [0.717, 1.165) is 38.8 Å². The summed E-state index contributed by atoms with van der Waals surface area (Å²) in [6.07, 6.45) is 5.73. The van der Waals surface area contributed by atoms with Gasteiger partial charge in [0, 0.05) is 26.7 Å². The summed E-state index contributed by atoms with van der Waals surface area (Å²) < 4.78 is 38.7. The highest BCUT2D eigenvalue weighted by Gasteiger charge is 2.39. The summed E-state index contributed by atoms with van der Waals surface area (Å²) in [5.74, 6) is 0.458. The Hall–Kier alpha value is -1.28. The predicted octanol–water partition coefficient (Wildman–Crippen LogP) is 1.26. The van der Waals surface area contributed by atoms with Gasteiger partial charge in [0.15, 0.2) is 5.82 Å². The molecule has 1 aromatic heterocycles. The van der Waals surface area contributed by atoms with Gasteiger partial charge < -0.3 is 4.90 Å². The van der Waals surface area contributed by atoms with Gasteiger partial charge in [-0.3, -0.25) is 0 Å². The van der Waals surface area contributed by atoms with Crippen LogP contribution in [0, 0.1) is 11.7 Å². The lowest BCUT2D eigenvalue weighted by Crippen LogP contribution is -2.40. The second kappa shape index (κ2) is 6.08. The van der Waals surface area contributed by atoms with Crippen LogP contribution in [-0.4, -0.2) is 54.6 Å². The second-order valence-electron chi connectivity index (χ2n) is 6.16. The van der Waals surface area contributed by atoms with Crippen molar-refractivity contribution >= 4 is 16.0 Å². The van der Waals surface area contributed by atoms with Crippen LogP contribution < -0.4 is 4.90 Å². The largest absolute Gasteiger partial charge is 0.341 e. The molecule has 1 saturated carbocycles. The molecule has 8 heteroatoms. The maximum atomic E-state index is 12.8. The Morgan fingerprint density at radius 3 is 2.36 bits per heavy atom. The number of rotatable bonds is 5. The number of nitrogens with zero attached hydrogens (tertiary/aromatic N) is 4. The first-order valence-corrected chi connectivity index (χ1v) is 9.15. The first-order chi connectivity index (χ1) is 10.5. The van der Waals surface area contributed by atoms with Crippen molar-refractivity contribution in [3.63, 3.8) is 0 Å². The molecule has 22 heavy (non-hydrogen) atoms. The standard InChI is InChI=1S/C14H21FN4O2S/c1-18(22(20,21)13-2-3-13)10-11-4-6-19(7-5-11)14-16-8-12(15)9-17-14/h8-9,11,13H,2-7,10H2,1H3. The van der Waals surface area contributed by atoms with Crippen LogP contribution in [0.15, 0.2) is 12.4 Å². The molecule has 0 N–H and O–H groups in total. The lowest BCUT2D eigenvalue weighted by molar-refractivity contribution is 0.326. The van der Waals surface area contributed by atoms with Crippen molar-refractivity contribution in [1.29, 1.82) is 0 Å². The smallest absolute Gasteiger partial charge is 0.225 e. The van der Waals surface area contributed by atoms with Gasteiger partial charge >= 0.3 is 0 Å². The van der Waals surface area contributed by atoms with Crippen molar-refractivity contribution in [2.75, 3.05) is 31.6 Å². The zero-order chi connectivity index (χ0) is 15.7. The molecule has 2 fully saturated rings. The van der Waals surface area contributed by atoms with Crippen molar-refractivity contribution < 1.29 is 12.8 Å². The van der Waals surface area contributed by atoms with Crippen LogP contribution in [0.4, 0.5) is 10.3 Å². The van der Waals surface area contributed by atoms with Crippen molar-refractivity contribution in [2.24, 2.45) is 5.92 Å². The monoisotopic (exact) mass is 328 g/mol. The Kier molecular flexibility index (Phi) is 4.31. The van der Waals surface area contributed by atoms with Crippen LogP contribution >= 0.6 is 0 Å². The third-order valence-corrected chi connectivity index (χ3v) is 6.73. The minimum Gasteiger partial charge on any atom is -0.341 e. The van der Waals surface area contributed by atoms with Crippen LogP contribution in [0.25, 0.3) is 0 Å². The van der Waals surface area contributed by atoms with E-state index in [-0.39, 0.29) is 5.25 Å². The maximum Gasteiger partial charge on any atom is 0.225 e. The highest BCUT2D eigenvalue weighted by atomic mass is 32.2. The summed E-state index contributed by atoms with van der Waals surface area (Å²) in [5.41, 5.74) is 0. The molecular formula is C14H21FN4O2S. The van der Waals surface area contributed by atoms with Crippen molar-refractivity contribution in [3.8, 4) is 0 Å². The molecule has 6 nitrogen and oxygen atoms in total. The van der Waals surface area contributed by atoms with Crippen LogP contribution in [0.5, 0.6) is 0 Å². The fraction of sp³-hybridized carbons (Fsp3) is 0.714. The third kappa shape index (κ3) is 3.38. The van der Waals surface area contributed by atoms with Gasteiger partial charge in [-0.25, -0.2) is 27.1 Å². The number of piperidine rings is 1. The summed E-state index contributed by atoms with van der Waals surface area (Å²) in [4.78, 5) is 10.0. The van der Waals surface area contributed by atoms with Crippen molar-refractivity contribution in [2.45, 2.75) is 30.9 Å². The normalized spacial score (nSPS) is 20.6. The van der Waals surface area contributed by atoms with E-state index in [1.54, 1.807) is 7.05 Å². The molecule has 1 aliphatic heterocycles. The quantitative estimate of drug-likeness (QED) is 0.814. The lowest BCUT2D eigenvalue weighted by atomic mass is 9.97. The van der Waals surface area contributed by atoms with E-state index >= 15 is 0 Å². The molecule has 1 aromatic rings. The first-order valence-electron chi connectivity index (χ1n) is 7.64. The minimum atomic E-state index is -3.08. The molecule has 1 aliphatic carbocycles. The maximum absolute atomic E-state index is 12.8. The summed E-state index contributed by atoms with van der Waals surface area (Å²) in [6, 6.07) is 0. The van der Waals surface area contributed by atoms with Crippen molar-refractivity contribution in [3.05, 3.63) is 18.2 Å². The predicted molar refractivity (Wildman–Crippen MR) is 81.5 cm³/mol. The van der Waals surface area contributed by atoms with Crippen LogP contribution in [-0.2, 0) is 10.0 Å². The Bertz CT molecular complexity index is 610. The molecular weight excluding hydrogens is 307 g/mol. The molecule has 0 bridgehead atoms. The summed E-state index contributed by atoms with van der Waals surface area (Å²) in [7, 11) is -1.40. The van der Waals surface area contributed by atoms with Gasteiger partial charge in [0.1, 0.15) is 0 Å². The average Bonchev–Trinajstić information content (AvgIpc) is 3.34. The topological polar surface area (TPSA) is 66.4 Å². The van der Waals surface area contributed by atoms with E-state index in [9.17, 15) is 12.8 Å². The van der Waals surface area contributed by atoms with E-state index < -0.39 is 15.8 Å². The van der Waals surface area contributed by atoms with E-state index in [1.807, 2.05) is 4.90 Å². The molecule has 3 rings (SSSR count). The number of sulfonamides is 1. The molecule has 0 spiro atoms. The summed E-state index contributed by atoms with van der Waals surface area (Å²) >= 11 is 0. The molecule has 0 unspecified atom stereocenters. The first kappa shape index (κ1) is 15.6. The SMILES string of the molecule is CN(CC1CCN(c2ncc(F)cn2)CC1)S(=O)(=O)C1CC1. The van der Waals surface area contributed by atoms with Gasteiger partial charge in [0.2, 0.25) is 16.0 Å². The molecule has 0 atom stereocenters. The Morgan fingerprint density at radius 1 is 1.23 bits per heavy atom. The highest BCUT2D eigenvalue weighted by molar-refractivity contribution is 7.90. The fourth-order valence-corrected chi connectivity index (χ4v) is 4.53. The number of halogens is 1. The van der Waals surface area contributed by atoms with Crippen molar-refractivity contribution in [1.82, 2.24) is 14.3 Å². The lowest BCUT2D eigenvalue weighted by Gasteiger charge is -2.33. The van der Waals surface area contributed by atoms with Gasteiger partial charge in [0.25, 0.3) is 0 Å². The molecule has 0 amide bonds. The zero-order valence-electron chi connectivity index (χ0n) is 12.7. The minimum absolute atomic E-state index is 0.148. The van der Waals surface area contributed by atoms with Gasteiger partial charge in [-0.15, -0.1) is 0 Å².